The number of nitrogens with one attached hydrogen (secondary N) is 1. The van der Waals surface area contributed by atoms with Crippen LogP contribution in [0.3, 0.4) is 0 Å². The van der Waals surface area contributed by atoms with Crippen molar-refractivity contribution in [1.82, 2.24) is 5.32 Å². The van der Waals surface area contributed by atoms with E-state index in [1.807, 2.05) is 127 Å². The molecule has 5 aromatic rings. The standard InChI is InChI=1S/C53H63NO12Si/c1-36(55)54-45-46(57)47(44(64-51(45)58)35-62-67(53(3,4)5,41-27-17-9-18-28-41)42-29-19-10-20-30-42)66-52-50(63-37(2)56)49(61-33-40-25-15-8-16-26-40)48(60-32-39-23-13-7-14-24-39)43(65-52)34-59-31-38-21-11-6-12-22-38/h6-30,43-52,57-58H,31-35H2,1-5H3,(H,54,55)/t43-,44-,45-,46-,47-,48-,49+,50-,51-,52+/m1/s1. The Kier molecular flexibility index (Phi) is 17.3. The fraction of sp³-hybridized carbons (Fsp3) is 0.396. The Hall–Kier alpha value is -5.10. The van der Waals surface area contributed by atoms with Crippen LogP contribution in [0.15, 0.2) is 152 Å². The smallest absolute Gasteiger partial charge is 0.303 e. The Morgan fingerprint density at radius 1 is 0.597 bits per heavy atom. The van der Waals surface area contributed by atoms with E-state index in [1.54, 1.807) is 0 Å². The molecule has 0 unspecified atom stereocenters. The molecule has 1 amide bonds. The minimum atomic E-state index is -3.21. The molecular weight excluding hydrogens is 871 g/mol. The fourth-order valence-electron chi connectivity index (χ4n) is 8.98. The van der Waals surface area contributed by atoms with Crippen molar-refractivity contribution in [2.45, 2.75) is 121 Å². The third kappa shape index (κ3) is 12.5. The highest BCUT2D eigenvalue weighted by molar-refractivity contribution is 6.99. The first kappa shape index (κ1) is 49.8. The van der Waals surface area contributed by atoms with Crippen molar-refractivity contribution >= 4 is 30.6 Å². The summed E-state index contributed by atoms with van der Waals surface area (Å²) in [5.74, 6) is -1.16. The lowest BCUT2D eigenvalue weighted by atomic mass is 9.95. The third-order valence-corrected chi connectivity index (χ3v) is 17.1. The number of amides is 1. The van der Waals surface area contributed by atoms with Gasteiger partial charge in [-0.25, -0.2) is 0 Å². The van der Waals surface area contributed by atoms with Crippen LogP contribution < -0.4 is 15.7 Å². The normalized spacial score (nSPS) is 25.5. The topological polar surface area (TPSA) is 160 Å². The number of benzene rings is 5. The van der Waals surface area contributed by atoms with E-state index in [0.717, 1.165) is 27.1 Å². The number of carbonyl (C=O) groups is 2. The second kappa shape index (κ2) is 23.3. The lowest BCUT2D eigenvalue weighted by Crippen LogP contribution is -2.70. The van der Waals surface area contributed by atoms with E-state index >= 15 is 0 Å². The van der Waals surface area contributed by atoms with E-state index in [0.29, 0.717) is 0 Å². The number of hydrogen-bond acceptors (Lipinski definition) is 12. The Morgan fingerprint density at radius 3 is 1.54 bits per heavy atom. The number of aliphatic hydroxyl groups excluding tert-OH is 2. The summed E-state index contributed by atoms with van der Waals surface area (Å²) in [5.41, 5.74) is 2.69. The van der Waals surface area contributed by atoms with E-state index < -0.39 is 86.6 Å². The summed E-state index contributed by atoms with van der Waals surface area (Å²) in [6.07, 6.45) is -11.2. The van der Waals surface area contributed by atoms with Gasteiger partial charge in [-0.2, -0.15) is 0 Å². The first-order valence-corrected chi connectivity index (χ1v) is 24.7. The van der Waals surface area contributed by atoms with Crippen LogP contribution in [-0.4, -0.2) is 105 Å². The zero-order valence-corrected chi connectivity index (χ0v) is 39.7. The van der Waals surface area contributed by atoms with Crippen molar-refractivity contribution in [2.24, 2.45) is 0 Å². The van der Waals surface area contributed by atoms with Crippen LogP contribution in [0, 0.1) is 0 Å². The largest absolute Gasteiger partial charge is 0.454 e. The van der Waals surface area contributed by atoms with E-state index in [1.165, 1.54) is 13.8 Å². The van der Waals surface area contributed by atoms with Gasteiger partial charge in [-0.3, -0.25) is 9.59 Å². The molecule has 5 aromatic carbocycles. The van der Waals surface area contributed by atoms with Gasteiger partial charge in [-0.1, -0.05) is 172 Å². The summed E-state index contributed by atoms with van der Waals surface area (Å²) in [6, 6.07) is 47.7. The maximum absolute atomic E-state index is 13.2. The molecular formula is C53H63NO12Si. The fourth-order valence-corrected chi connectivity index (χ4v) is 13.6. The van der Waals surface area contributed by atoms with Crippen molar-refractivity contribution in [3.05, 3.63) is 168 Å². The van der Waals surface area contributed by atoms with Gasteiger partial charge in [0.05, 0.1) is 33.0 Å². The summed E-state index contributed by atoms with van der Waals surface area (Å²) >= 11 is 0. The molecule has 13 nitrogen and oxygen atoms in total. The monoisotopic (exact) mass is 933 g/mol. The Labute approximate surface area is 394 Å². The first-order chi connectivity index (χ1) is 32.3. The SMILES string of the molecule is CC(=O)N[C@@H]1[C@@H](O)[C@H](O[C@@H]2O[C@H](COCc3ccccc3)[C@@H](OCc3ccccc3)[C@H](OCc3ccccc3)[C@H]2OC(C)=O)[C@@H](CO[Si](c2ccccc2)(c2ccccc2)C(C)(C)C)O[C@H]1O. The summed E-state index contributed by atoms with van der Waals surface area (Å²) in [6.45, 7) is 9.34. The maximum Gasteiger partial charge on any atom is 0.303 e. The molecule has 7 rings (SSSR count). The molecule has 0 aromatic heterocycles. The summed E-state index contributed by atoms with van der Waals surface area (Å²) in [4.78, 5) is 25.7. The van der Waals surface area contributed by atoms with Crippen LogP contribution in [0.1, 0.15) is 51.3 Å². The Balaban J connectivity index is 1.27. The van der Waals surface area contributed by atoms with Gasteiger partial charge in [0.15, 0.2) is 18.7 Å². The van der Waals surface area contributed by atoms with Gasteiger partial charge < -0.3 is 53.1 Å². The van der Waals surface area contributed by atoms with Crippen molar-refractivity contribution in [3.63, 3.8) is 0 Å². The minimum absolute atomic E-state index is 0.00352. The lowest BCUT2D eigenvalue weighted by molar-refractivity contribution is -0.354. The predicted octanol–water partition coefficient (Wildman–Crippen LogP) is 5.58. The molecule has 10 atom stereocenters. The van der Waals surface area contributed by atoms with E-state index in [9.17, 15) is 19.8 Å². The van der Waals surface area contributed by atoms with Crippen LogP contribution in [0.5, 0.6) is 0 Å². The number of ether oxygens (including phenoxy) is 7. The van der Waals surface area contributed by atoms with Crippen LogP contribution >= 0.6 is 0 Å². The van der Waals surface area contributed by atoms with Gasteiger partial charge in [0, 0.05) is 13.8 Å². The molecule has 0 radical (unpaired) electrons. The van der Waals surface area contributed by atoms with Gasteiger partial charge >= 0.3 is 5.97 Å². The van der Waals surface area contributed by atoms with E-state index in [-0.39, 0.29) is 33.0 Å². The molecule has 67 heavy (non-hydrogen) atoms. The molecule has 2 heterocycles. The number of rotatable bonds is 19. The Morgan fingerprint density at radius 2 is 1.06 bits per heavy atom. The second-order valence-corrected chi connectivity index (χ2v) is 22.3. The van der Waals surface area contributed by atoms with Gasteiger partial charge in [0.2, 0.25) is 5.91 Å². The quantitative estimate of drug-likeness (QED) is 0.0699. The molecule has 2 aliphatic rings. The molecule has 0 bridgehead atoms. The molecule has 0 saturated carbocycles. The second-order valence-electron chi connectivity index (χ2n) is 18.0. The average Bonchev–Trinajstić information content (AvgIpc) is 3.32. The van der Waals surface area contributed by atoms with Crippen LogP contribution in [-0.2, 0) is 67.0 Å². The molecule has 0 spiro atoms. The van der Waals surface area contributed by atoms with E-state index in [2.05, 4.69) is 50.4 Å². The Bertz CT molecular complexity index is 2230. The van der Waals surface area contributed by atoms with E-state index in [4.69, 9.17) is 37.6 Å². The number of carbonyl (C=O) groups excluding carboxylic acids is 2. The van der Waals surface area contributed by atoms with Crippen LogP contribution in [0.4, 0.5) is 0 Å². The number of esters is 1. The summed E-state index contributed by atoms with van der Waals surface area (Å²) in [5, 5.41) is 28.0. The molecule has 2 fully saturated rings. The number of aliphatic hydroxyl groups is 2. The van der Waals surface area contributed by atoms with Crippen molar-refractivity contribution < 1.29 is 57.4 Å². The highest BCUT2D eigenvalue weighted by Gasteiger charge is 2.56. The van der Waals surface area contributed by atoms with Gasteiger partial charge in [-0.15, -0.1) is 0 Å². The van der Waals surface area contributed by atoms with Gasteiger partial charge in [0.1, 0.15) is 42.7 Å². The highest BCUT2D eigenvalue weighted by atomic mass is 28.4. The van der Waals surface area contributed by atoms with Crippen molar-refractivity contribution in [1.29, 1.82) is 0 Å². The number of hydrogen-bond donors (Lipinski definition) is 3. The van der Waals surface area contributed by atoms with Crippen molar-refractivity contribution in [3.8, 4) is 0 Å². The molecule has 0 aliphatic carbocycles. The lowest BCUT2D eigenvalue weighted by Gasteiger charge is -2.49. The predicted molar refractivity (Wildman–Crippen MR) is 253 cm³/mol. The van der Waals surface area contributed by atoms with Crippen LogP contribution in [0.2, 0.25) is 5.04 Å². The van der Waals surface area contributed by atoms with Gasteiger partial charge in [-0.05, 0) is 32.1 Å². The first-order valence-electron chi connectivity index (χ1n) is 22.8. The maximum atomic E-state index is 13.2. The third-order valence-electron chi connectivity index (χ3n) is 12.1. The zero-order chi connectivity index (χ0) is 47.4. The summed E-state index contributed by atoms with van der Waals surface area (Å²) in [7, 11) is -3.21. The minimum Gasteiger partial charge on any atom is -0.454 e. The summed E-state index contributed by atoms with van der Waals surface area (Å²) < 4.78 is 53.2. The molecule has 3 N–H and O–H groups in total. The molecule has 2 saturated heterocycles. The van der Waals surface area contributed by atoms with Crippen molar-refractivity contribution in [2.75, 3.05) is 13.2 Å². The van der Waals surface area contributed by atoms with Gasteiger partial charge in [0.25, 0.3) is 8.32 Å². The molecule has 356 valence electrons. The zero-order valence-electron chi connectivity index (χ0n) is 38.7. The van der Waals surface area contributed by atoms with Crippen LogP contribution in [0.25, 0.3) is 0 Å². The highest BCUT2D eigenvalue weighted by Crippen LogP contribution is 2.39. The molecule has 2 aliphatic heterocycles. The molecule has 14 heteroatoms. The average molecular weight is 934 g/mol.